The van der Waals surface area contributed by atoms with Crippen molar-refractivity contribution in [3.05, 3.63) is 22.8 Å². The molecule has 3 nitrogen and oxygen atoms in total. The molecule has 1 atom stereocenters. The van der Waals surface area contributed by atoms with Crippen LogP contribution < -0.4 is 0 Å². The highest BCUT2D eigenvalue weighted by Gasteiger charge is 2.30. The van der Waals surface area contributed by atoms with E-state index in [9.17, 15) is 0 Å². The summed E-state index contributed by atoms with van der Waals surface area (Å²) in [6, 6.07) is 0.438. The van der Waals surface area contributed by atoms with Crippen LogP contribution in [0.4, 0.5) is 0 Å². The molecule has 1 aromatic heterocycles. The van der Waals surface area contributed by atoms with E-state index in [-0.39, 0.29) is 0 Å². The molecule has 0 bridgehead atoms. The fraction of sp³-hybridized carbons (Fsp3) is 0.733. The molecule has 0 fully saturated rings. The van der Waals surface area contributed by atoms with Gasteiger partial charge in [0, 0.05) is 18.2 Å². The molecule has 1 aliphatic rings. The molecule has 100 valence electrons. The van der Waals surface area contributed by atoms with Gasteiger partial charge in [-0.05, 0) is 31.9 Å². The second-order valence-electron chi connectivity index (χ2n) is 6.11. The van der Waals surface area contributed by atoms with Gasteiger partial charge in [-0.1, -0.05) is 27.7 Å². The number of hydrogen-bond donors (Lipinski definition) is 0. The smallest absolute Gasteiger partial charge is 0.131 e. The molecule has 2 rings (SSSR count). The summed E-state index contributed by atoms with van der Waals surface area (Å²) in [4.78, 5) is 12.0. The maximum Gasteiger partial charge on any atom is 0.131 e. The minimum atomic E-state index is 0.397. The topological polar surface area (TPSA) is 29.0 Å². The Morgan fingerprint density at radius 3 is 2.39 bits per heavy atom. The molecule has 0 radical (unpaired) electrons. The third-order valence-corrected chi connectivity index (χ3v) is 3.88. The molecule has 1 aliphatic heterocycles. The summed E-state index contributed by atoms with van der Waals surface area (Å²) < 4.78 is 0. The molecule has 18 heavy (non-hydrogen) atoms. The predicted molar refractivity (Wildman–Crippen MR) is 74.8 cm³/mol. The zero-order valence-electron chi connectivity index (χ0n) is 12.5. The minimum absolute atomic E-state index is 0.397. The summed E-state index contributed by atoms with van der Waals surface area (Å²) >= 11 is 0. The average molecular weight is 247 g/mol. The van der Waals surface area contributed by atoms with Crippen LogP contribution in [0.2, 0.25) is 0 Å². The lowest BCUT2D eigenvalue weighted by Crippen LogP contribution is -2.36. The number of likely N-dealkylation sites (N-methyl/N-ethyl adjacent to an activating group) is 1. The van der Waals surface area contributed by atoms with Gasteiger partial charge in [0.05, 0.1) is 11.7 Å². The van der Waals surface area contributed by atoms with E-state index in [2.05, 4.69) is 51.6 Å². The van der Waals surface area contributed by atoms with Crippen molar-refractivity contribution in [1.82, 2.24) is 14.9 Å². The number of hydrogen-bond acceptors (Lipinski definition) is 3. The quantitative estimate of drug-likeness (QED) is 0.804. The Morgan fingerprint density at radius 1 is 1.17 bits per heavy atom. The highest BCUT2D eigenvalue weighted by atomic mass is 15.2. The average Bonchev–Trinajstić information content (AvgIpc) is 2.27. The summed E-state index contributed by atoms with van der Waals surface area (Å²) in [7, 11) is 2.21. The fourth-order valence-electron chi connectivity index (χ4n) is 2.91. The fourth-order valence-corrected chi connectivity index (χ4v) is 2.91. The van der Waals surface area contributed by atoms with Crippen molar-refractivity contribution >= 4 is 0 Å². The molecule has 0 spiro atoms. The molecular formula is C15H25N3. The van der Waals surface area contributed by atoms with Gasteiger partial charge in [-0.2, -0.15) is 0 Å². The van der Waals surface area contributed by atoms with Crippen molar-refractivity contribution in [3.63, 3.8) is 0 Å². The Bertz CT molecular complexity index is 438. The van der Waals surface area contributed by atoms with Gasteiger partial charge in [-0.15, -0.1) is 0 Å². The Labute approximate surface area is 111 Å². The third kappa shape index (κ3) is 2.28. The molecule has 0 aliphatic carbocycles. The van der Waals surface area contributed by atoms with Crippen molar-refractivity contribution in [2.45, 2.75) is 53.0 Å². The molecule has 0 N–H and O–H groups in total. The standard InChI is InChI=1S/C15H25N3/c1-9(2)14-13-12(7-8-18(14)6)11(5)16-15(17-13)10(3)4/h9-10,14H,7-8H2,1-6H3. The first-order valence-corrected chi connectivity index (χ1v) is 6.99. The van der Waals surface area contributed by atoms with Crippen LogP contribution in [-0.4, -0.2) is 28.5 Å². The van der Waals surface area contributed by atoms with Crippen molar-refractivity contribution in [2.24, 2.45) is 5.92 Å². The first-order valence-electron chi connectivity index (χ1n) is 6.99. The van der Waals surface area contributed by atoms with E-state index in [1.54, 1.807) is 0 Å². The lowest BCUT2D eigenvalue weighted by molar-refractivity contribution is 0.175. The van der Waals surface area contributed by atoms with Crippen molar-refractivity contribution in [2.75, 3.05) is 13.6 Å². The number of rotatable bonds is 2. The van der Waals surface area contributed by atoms with Crippen LogP contribution in [0, 0.1) is 12.8 Å². The predicted octanol–water partition coefficient (Wildman–Crippen LogP) is 3.09. The van der Waals surface area contributed by atoms with Gasteiger partial charge in [0.15, 0.2) is 0 Å². The van der Waals surface area contributed by atoms with Crippen LogP contribution in [0.3, 0.4) is 0 Å². The van der Waals surface area contributed by atoms with Crippen molar-refractivity contribution in [3.8, 4) is 0 Å². The van der Waals surface area contributed by atoms with Gasteiger partial charge in [-0.25, -0.2) is 9.97 Å². The van der Waals surface area contributed by atoms with E-state index >= 15 is 0 Å². The summed E-state index contributed by atoms with van der Waals surface area (Å²) in [6.07, 6.45) is 1.08. The van der Waals surface area contributed by atoms with E-state index in [0.717, 1.165) is 18.8 Å². The molecule has 0 amide bonds. The molecule has 2 heterocycles. The summed E-state index contributed by atoms with van der Waals surface area (Å²) in [5.41, 5.74) is 3.84. The Balaban J connectivity index is 2.55. The normalized spacial score (nSPS) is 20.6. The van der Waals surface area contributed by atoms with Gasteiger partial charge < -0.3 is 0 Å². The lowest BCUT2D eigenvalue weighted by Gasteiger charge is -2.37. The zero-order valence-corrected chi connectivity index (χ0v) is 12.5. The van der Waals surface area contributed by atoms with Crippen LogP contribution in [0.1, 0.15) is 62.4 Å². The largest absolute Gasteiger partial charge is 0.297 e. The van der Waals surface area contributed by atoms with Crippen LogP contribution in [-0.2, 0) is 6.42 Å². The molecular weight excluding hydrogens is 222 g/mol. The molecule has 1 aromatic rings. The van der Waals surface area contributed by atoms with Gasteiger partial charge in [0.1, 0.15) is 5.82 Å². The lowest BCUT2D eigenvalue weighted by atomic mass is 9.89. The first kappa shape index (κ1) is 13.5. The van der Waals surface area contributed by atoms with E-state index < -0.39 is 0 Å². The van der Waals surface area contributed by atoms with E-state index in [1.165, 1.54) is 17.0 Å². The second-order valence-corrected chi connectivity index (χ2v) is 6.11. The Morgan fingerprint density at radius 2 is 1.83 bits per heavy atom. The van der Waals surface area contributed by atoms with Gasteiger partial charge in [-0.3, -0.25) is 4.90 Å². The maximum atomic E-state index is 4.87. The van der Waals surface area contributed by atoms with E-state index in [0.29, 0.717) is 17.9 Å². The minimum Gasteiger partial charge on any atom is -0.297 e. The van der Waals surface area contributed by atoms with Crippen molar-refractivity contribution < 1.29 is 0 Å². The number of nitrogens with zero attached hydrogens (tertiary/aromatic N) is 3. The molecule has 0 saturated heterocycles. The zero-order chi connectivity index (χ0) is 13.4. The van der Waals surface area contributed by atoms with Crippen LogP contribution in [0.5, 0.6) is 0 Å². The molecule has 0 saturated carbocycles. The van der Waals surface area contributed by atoms with Crippen LogP contribution >= 0.6 is 0 Å². The molecule has 1 unspecified atom stereocenters. The summed E-state index contributed by atoms with van der Waals surface area (Å²) in [5.74, 6) is 1.98. The Hall–Kier alpha value is -0.960. The highest BCUT2D eigenvalue weighted by Crippen LogP contribution is 2.34. The van der Waals surface area contributed by atoms with Gasteiger partial charge in [0.25, 0.3) is 0 Å². The molecule has 3 heteroatoms. The Kier molecular flexibility index (Phi) is 3.71. The van der Waals surface area contributed by atoms with E-state index in [4.69, 9.17) is 4.98 Å². The maximum absolute atomic E-state index is 4.87. The number of aromatic nitrogens is 2. The number of aryl methyl sites for hydroxylation is 1. The van der Waals surface area contributed by atoms with Gasteiger partial charge in [0.2, 0.25) is 0 Å². The number of fused-ring (bicyclic) bond motifs is 1. The summed E-state index contributed by atoms with van der Waals surface area (Å²) in [5, 5.41) is 0. The highest BCUT2D eigenvalue weighted by molar-refractivity contribution is 5.31. The van der Waals surface area contributed by atoms with Gasteiger partial charge >= 0.3 is 0 Å². The monoisotopic (exact) mass is 247 g/mol. The SMILES string of the molecule is Cc1nc(C(C)C)nc2c1CCN(C)C2C(C)C. The first-order chi connectivity index (χ1) is 8.41. The van der Waals surface area contributed by atoms with Crippen LogP contribution in [0.15, 0.2) is 0 Å². The third-order valence-electron chi connectivity index (χ3n) is 3.88. The van der Waals surface area contributed by atoms with Crippen molar-refractivity contribution in [1.29, 1.82) is 0 Å². The molecule has 0 aromatic carbocycles. The second kappa shape index (κ2) is 4.96. The summed E-state index contributed by atoms with van der Waals surface area (Å²) in [6.45, 7) is 12.1. The van der Waals surface area contributed by atoms with E-state index in [1.807, 2.05) is 0 Å². The van der Waals surface area contributed by atoms with Crippen LogP contribution in [0.25, 0.3) is 0 Å².